The molecule has 1 atom stereocenters. The molecule has 1 fully saturated rings. The zero-order valence-electron chi connectivity index (χ0n) is 9.83. The molecule has 0 aliphatic carbocycles. The van der Waals surface area contributed by atoms with Crippen LogP contribution in [0.5, 0.6) is 0 Å². The fourth-order valence-corrected chi connectivity index (χ4v) is 2.35. The third-order valence-corrected chi connectivity index (χ3v) is 3.08. The summed E-state index contributed by atoms with van der Waals surface area (Å²) >= 11 is 0. The Labute approximate surface area is 92.2 Å². The first-order valence-electron chi connectivity index (χ1n) is 5.91. The lowest BCUT2D eigenvalue weighted by Gasteiger charge is -2.31. The van der Waals surface area contributed by atoms with Crippen molar-refractivity contribution in [3.05, 3.63) is 0 Å². The van der Waals surface area contributed by atoms with Gasteiger partial charge in [-0.2, -0.15) is 0 Å². The van der Waals surface area contributed by atoms with E-state index in [1.807, 2.05) is 0 Å². The van der Waals surface area contributed by atoms with E-state index in [9.17, 15) is 4.79 Å². The van der Waals surface area contributed by atoms with E-state index in [2.05, 4.69) is 24.2 Å². The number of hydrogen-bond acceptors (Lipinski definition) is 3. The third-order valence-electron chi connectivity index (χ3n) is 3.08. The molecule has 1 aliphatic heterocycles. The molecule has 3 N–H and O–H groups in total. The van der Waals surface area contributed by atoms with Gasteiger partial charge in [-0.3, -0.25) is 15.1 Å². The average Bonchev–Trinajstić information content (AvgIpc) is 2.46. The summed E-state index contributed by atoms with van der Waals surface area (Å²) in [6.07, 6.45) is 4.96. The van der Waals surface area contributed by atoms with Crippen molar-refractivity contribution in [3.63, 3.8) is 0 Å². The van der Waals surface area contributed by atoms with Gasteiger partial charge in [-0.1, -0.05) is 26.7 Å². The van der Waals surface area contributed by atoms with Crippen LogP contribution in [0.25, 0.3) is 0 Å². The van der Waals surface area contributed by atoms with Crippen LogP contribution in [0.4, 0.5) is 0 Å². The summed E-state index contributed by atoms with van der Waals surface area (Å²) in [4.78, 5) is 14.0. The minimum absolute atomic E-state index is 0.0492. The van der Waals surface area contributed by atoms with E-state index in [1.54, 1.807) is 0 Å². The predicted molar refractivity (Wildman–Crippen MR) is 61.0 cm³/mol. The van der Waals surface area contributed by atoms with Crippen molar-refractivity contribution < 1.29 is 4.79 Å². The molecule has 0 aromatic heterocycles. The molecule has 4 nitrogen and oxygen atoms in total. The zero-order chi connectivity index (χ0) is 11.3. The molecule has 1 heterocycles. The molecule has 1 amide bonds. The number of hydrazine groups is 1. The number of amides is 1. The van der Waals surface area contributed by atoms with Crippen molar-refractivity contribution in [2.75, 3.05) is 13.1 Å². The number of carbonyl (C=O) groups excluding carboxylic acids is 1. The lowest BCUT2D eigenvalue weighted by atomic mass is 10.0. The van der Waals surface area contributed by atoms with E-state index in [4.69, 9.17) is 5.84 Å². The number of rotatable bonds is 3. The SMILES string of the molecule is CC(C)[C@@H](C(=O)NN)N1CCCCCC1. The van der Waals surface area contributed by atoms with Crippen molar-refractivity contribution in [1.82, 2.24) is 10.3 Å². The number of nitrogens with one attached hydrogen (secondary N) is 1. The first-order valence-corrected chi connectivity index (χ1v) is 5.91. The Bertz CT molecular complexity index is 198. The molecule has 0 aromatic carbocycles. The van der Waals surface area contributed by atoms with Crippen LogP contribution in [-0.4, -0.2) is 29.9 Å². The van der Waals surface area contributed by atoms with Crippen LogP contribution in [0, 0.1) is 5.92 Å². The second kappa shape index (κ2) is 6.08. The van der Waals surface area contributed by atoms with E-state index in [0.29, 0.717) is 5.92 Å². The topological polar surface area (TPSA) is 58.4 Å². The first-order chi connectivity index (χ1) is 7.16. The summed E-state index contributed by atoms with van der Waals surface area (Å²) < 4.78 is 0. The molecule has 0 spiro atoms. The van der Waals surface area contributed by atoms with E-state index >= 15 is 0 Å². The number of carbonyl (C=O) groups is 1. The van der Waals surface area contributed by atoms with Crippen LogP contribution in [-0.2, 0) is 4.79 Å². The van der Waals surface area contributed by atoms with Crippen LogP contribution in [0.1, 0.15) is 39.5 Å². The maximum Gasteiger partial charge on any atom is 0.251 e. The third kappa shape index (κ3) is 3.47. The Morgan fingerprint density at radius 2 is 1.73 bits per heavy atom. The number of hydrogen-bond donors (Lipinski definition) is 2. The summed E-state index contributed by atoms with van der Waals surface area (Å²) in [7, 11) is 0. The monoisotopic (exact) mass is 213 g/mol. The van der Waals surface area contributed by atoms with Crippen molar-refractivity contribution >= 4 is 5.91 Å². The van der Waals surface area contributed by atoms with Gasteiger partial charge in [-0.15, -0.1) is 0 Å². The number of likely N-dealkylation sites (tertiary alicyclic amines) is 1. The Morgan fingerprint density at radius 1 is 1.20 bits per heavy atom. The first kappa shape index (κ1) is 12.5. The van der Waals surface area contributed by atoms with Gasteiger partial charge in [0.2, 0.25) is 0 Å². The summed E-state index contributed by atoms with van der Waals surface area (Å²) in [5.74, 6) is 5.49. The summed E-state index contributed by atoms with van der Waals surface area (Å²) in [5, 5.41) is 0. The quantitative estimate of drug-likeness (QED) is 0.415. The van der Waals surface area contributed by atoms with Gasteiger partial charge < -0.3 is 0 Å². The Kier molecular flexibility index (Phi) is 5.05. The van der Waals surface area contributed by atoms with Crippen LogP contribution < -0.4 is 11.3 Å². The van der Waals surface area contributed by atoms with Gasteiger partial charge >= 0.3 is 0 Å². The zero-order valence-corrected chi connectivity index (χ0v) is 9.83. The van der Waals surface area contributed by atoms with Gasteiger partial charge in [0.1, 0.15) is 0 Å². The van der Waals surface area contributed by atoms with Crippen LogP contribution in [0.2, 0.25) is 0 Å². The average molecular weight is 213 g/mol. The molecule has 0 bridgehead atoms. The number of nitrogens with two attached hydrogens (primary N) is 1. The molecule has 1 saturated heterocycles. The summed E-state index contributed by atoms with van der Waals surface area (Å²) in [5.41, 5.74) is 2.28. The molecule has 1 rings (SSSR count). The molecule has 4 heteroatoms. The molecule has 0 saturated carbocycles. The molecular formula is C11H23N3O. The summed E-state index contributed by atoms with van der Waals surface area (Å²) in [6, 6.07) is -0.0619. The Hall–Kier alpha value is -0.610. The molecular weight excluding hydrogens is 190 g/mol. The van der Waals surface area contributed by atoms with Crippen LogP contribution >= 0.6 is 0 Å². The molecule has 1 aliphatic rings. The van der Waals surface area contributed by atoms with Crippen LogP contribution in [0.15, 0.2) is 0 Å². The summed E-state index contributed by atoms with van der Waals surface area (Å²) in [6.45, 7) is 6.20. The highest BCUT2D eigenvalue weighted by molar-refractivity contribution is 5.81. The second-order valence-corrected chi connectivity index (χ2v) is 4.65. The predicted octanol–water partition coefficient (Wildman–Crippen LogP) is 0.877. The Balaban J connectivity index is 2.64. The highest BCUT2D eigenvalue weighted by atomic mass is 16.2. The standard InChI is InChI=1S/C11H23N3O/c1-9(2)10(11(15)13-12)14-7-5-3-4-6-8-14/h9-10H,3-8,12H2,1-2H3,(H,13,15)/t10-/m0/s1. The van der Waals surface area contributed by atoms with Gasteiger partial charge in [0.15, 0.2) is 0 Å². The van der Waals surface area contributed by atoms with Crippen molar-refractivity contribution in [2.45, 2.75) is 45.6 Å². The fourth-order valence-electron chi connectivity index (χ4n) is 2.35. The van der Waals surface area contributed by atoms with Crippen molar-refractivity contribution in [2.24, 2.45) is 11.8 Å². The van der Waals surface area contributed by atoms with Crippen LogP contribution in [0.3, 0.4) is 0 Å². The number of nitrogens with zero attached hydrogens (tertiary/aromatic N) is 1. The molecule has 88 valence electrons. The maximum atomic E-state index is 11.7. The molecule has 0 radical (unpaired) electrons. The van der Waals surface area contributed by atoms with Crippen molar-refractivity contribution in [1.29, 1.82) is 0 Å². The smallest absolute Gasteiger partial charge is 0.251 e. The van der Waals surface area contributed by atoms with Gasteiger partial charge in [0.25, 0.3) is 5.91 Å². The fraction of sp³-hybridized carbons (Fsp3) is 0.909. The minimum Gasteiger partial charge on any atom is -0.293 e. The van der Waals surface area contributed by atoms with E-state index < -0.39 is 0 Å². The molecule has 15 heavy (non-hydrogen) atoms. The van der Waals surface area contributed by atoms with Gasteiger partial charge in [-0.25, -0.2) is 5.84 Å². The minimum atomic E-state index is -0.0619. The Morgan fingerprint density at radius 3 is 2.13 bits per heavy atom. The van der Waals surface area contributed by atoms with E-state index in [-0.39, 0.29) is 11.9 Å². The maximum absolute atomic E-state index is 11.7. The molecule has 0 unspecified atom stereocenters. The highest BCUT2D eigenvalue weighted by Gasteiger charge is 2.28. The lowest BCUT2D eigenvalue weighted by Crippen LogP contribution is -2.52. The van der Waals surface area contributed by atoms with E-state index in [0.717, 1.165) is 13.1 Å². The van der Waals surface area contributed by atoms with Gasteiger partial charge in [0.05, 0.1) is 6.04 Å². The largest absolute Gasteiger partial charge is 0.293 e. The van der Waals surface area contributed by atoms with Gasteiger partial charge in [0, 0.05) is 0 Å². The lowest BCUT2D eigenvalue weighted by molar-refractivity contribution is -0.128. The normalized spacial score (nSPS) is 21.1. The van der Waals surface area contributed by atoms with Crippen molar-refractivity contribution in [3.8, 4) is 0 Å². The second-order valence-electron chi connectivity index (χ2n) is 4.65. The highest BCUT2D eigenvalue weighted by Crippen LogP contribution is 2.17. The van der Waals surface area contributed by atoms with E-state index in [1.165, 1.54) is 25.7 Å². The molecule has 0 aromatic rings. The van der Waals surface area contributed by atoms with Gasteiger partial charge in [-0.05, 0) is 31.8 Å².